The Labute approximate surface area is 716 Å². The van der Waals surface area contributed by atoms with Gasteiger partial charge in [-0.15, -0.1) is 0 Å². The van der Waals surface area contributed by atoms with E-state index in [1.165, 1.54) is 69.2 Å². The fraction of sp³-hybridized carbons (Fsp3) is 0.800. The summed E-state index contributed by atoms with van der Waals surface area (Å²) in [6.07, 6.45) is -1.58. The van der Waals surface area contributed by atoms with E-state index in [0.717, 1.165) is 13.8 Å². The number of aliphatic carboxylic acids is 8. The lowest BCUT2D eigenvalue weighted by Crippen LogP contribution is -2.66. The smallest absolute Gasteiger partial charge is 0.481 e. The summed E-state index contributed by atoms with van der Waals surface area (Å²) in [6, 6.07) is 0. The van der Waals surface area contributed by atoms with Crippen LogP contribution in [0.2, 0.25) is 22.2 Å². The van der Waals surface area contributed by atoms with Gasteiger partial charge in [0.1, 0.15) is 0 Å². The van der Waals surface area contributed by atoms with E-state index >= 15 is 0 Å². The van der Waals surface area contributed by atoms with Crippen LogP contribution in [0, 0.1) is 116 Å². The highest BCUT2D eigenvalue weighted by molar-refractivity contribution is 6.78. The highest BCUT2D eigenvalue weighted by Crippen LogP contribution is 2.57. The van der Waals surface area contributed by atoms with Crippen molar-refractivity contribution in [3.8, 4) is 0 Å². The Kier molecular flexibility index (Phi) is 40.4. The van der Waals surface area contributed by atoms with E-state index in [0.29, 0.717) is 0 Å². The first-order chi connectivity index (χ1) is 56.5. The van der Waals surface area contributed by atoms with Gasteiger partial charge in [-0.2, -0.15) is 0 Å². The van der Waals surface area contributed by atoms with E-state index in [4.69, 9.17) is 62.6 Å². The third-order valence-corrected chi connectivity index (χ3v) is 41.2. The number of cyclic esters (lactones) is 8. The molecule has 0 amide bonds. The van der Waals surface area contributed by atoms with E-state index < -0.39 is 282 Å². The molecule has 0 spiro atoms. The zero-order valence-electron chi connectivity index (χ0n) is 74.7. The molecule has 4 rings (SSSR count). The van der Waals surface area contributed by atoms with Crippen molar-refractivity contribution in [3.05, 3.63) is 0 Å². The fourth-order valence-electron chi connectivity index (χ4n) is 19.6. The van der Waals surface area contributed by atoms with Crippen LogP contribution in [0.1, 0.15) is 218 Å². The number of esters is 8. The van der Waals surface area contributed by atoms with Crippen molar-refractivity contribution >= 4 is 131 Å². The van der Waals surface area contributed by atoms with Crippen LogP contribution in [0.4, 0.5) is 0 Å². The Bertz CT molecular complexity index is 3470. The number of hydrogen-bond donors (Lipinski definition) is 8. The minimum Gasteiger partial charge on any atom is -0.481 e. The molecule has 0 aromatic carbocycles. The van der Waals surface area contributed by atoms with E-state index in [-0.39, 0.29) is 91.4 Å². The summed E-state index contributed by atoms with van der Waals surface area (Å²) in [6.45, 7) is 36.1. The van der Waals surface area contributed by atoms with Gasteiger partial charge in [-0.25, -0.2) is 0 Å². The maximum absolute atomic E-state index is 13.9. The highest BCUT2D eigenvalue weighted by Gasteiger charge is 2.71. The number of carbonyl (C=O) groups is 16. The average molecular weight is 1810 g/mol. The van der Waals surface area contributed by atoms with Gasteiger partial charge in [0.25, 0.3) is 0 Å². The molecule has 0 aliphatic carbocycles. The molecular formula is C80H132O38Si4. The molecule has 4 aliphatic heterocycles. The molecule has 20 atom stereocenters. The standard InChI is InChI=1S/C40H70O21Si2.C40H62O17Si2/c1-13-25(27(35(49)50)23(33(45)46)19-39(9,10)29(37(53)54)21(7)31(41)42)62(57-15-3,58-16-4)61-63(59-17-5,60-18-6)26(14-2)28(36(51)52)24(34(47)48)20-40(11,12)30(38(55)56)22(8)32(43)44;1-13-25(27-23(33(43)55-35(27)45)19-39(9,10)29-21(7)31(41)53-37(29)47)58(49-15-3,50-16-4)57-59(51-17-5,52-18-6)26(14-2)28-24(34(44)56-36(28)46)20-40(11,12)30-22(8)32(42)54-38(30)48/h21-30H,13-20H2,1-12H3,(H,41,42)(H,43,44)(H,45,46)(H,47,48)(H,49,50)(H,51,52)(H,53,54)(H,55,56);21-30H,13-20H2,1-12H3. The van der Waals surface area contributed by atoms with E-state index in [2.05, 4.69) is 0 Å². The molecule has 0 aromatic heterocycles. The number of hydrogen-bond acceptors (Lipinski definition) is 30. The van der Waals surface area contributed by atoms with Crippen molar-refractivity contribution in [2.75, 3.05) is 52.9 Å². The zero-order chi connectivity index (χ0) is 94.0. The van der Waals surface area contributed by atoms with Crippen LogP contribution < -0.4 is 0 Å². The fourth-order valence-corrected chi connectivity index (χ4v) is 37.5. The lowest BCUT2D eigenvalue weighted by atomic mass is 9.65. The van der Waals surface area contributed by atoms with Gasteiger partial charge in [-0.1, -0.05) is 111 Å². The first-order valence-corrected chi connectivity index (χ1v) is 49.1. The van der Waals surface area contributed by atoms with Crippen LogP contribution in [0.3, 0.4) is 0 Å². The summed E-state index contributed by atoms with van der Waals surface area (Å²) >= 11 is 0. The molecule has 0 bridgehead atoms. The third kappa shape index (κ3) is 24.3. The molecule has 8 N–H and O–H groups in total. The van der Waals surface area contributed by atoms with Gasteiger partial charge in [0.05, 0.1) is 94.7 Å². The molecule has 0 aromatic rings. The quantitative estimate of drug-likeness (QED) is 0.0121. The summed E-state index contributed by atoms with van der Waals surface area (Å²) in [5.74, 6) is -41.2. The number of carbonyl (C=O) groups excluding carboxylic acids is 8. The monoisotopic (exact) mass is 1810 g/mol. The second-order valence-corrected chi connectivity index (χ2v) is 45.9. The first-order valence-electron chi connectivity index (χ1n) is 41.8. The molecule has 696 valence electrons. The lowest BCUT2D eigenvalue weighted by molar-refractivity contribution is -0.162. The molecule has 38 nitrogen and oxygen atoms in total. The van der Waals surface area contributed by atoms with E-state index in [1.807, 2.05) is 0 Å². The van der Waals surface area contributed by atoms with Crippen molar-refractivity contribution < 1.29 is 180 Å². The SMILES string of the molecule is CCO[Si](OCC)(O[Si](OCC)(OCC)C(CC)C(C(=O)O)C(CC(C)(C)C(C(=O)O)C(C)C(=O)O)C(=O)O)C(CC)C(C(=O)O)C(CC(C)(C)C(C(=O)O)C(C)C(=O)O)C(=O)O.CCO[Si](OCC)(O[Si](OCC)(OCC)C(CC)C1C(=O)OC(=O)C1CC(C)(C)C1C(=O)OC(=O)C1C)C(CC)C1C(=O)OC(=O)C1CC(C)(C)C1C(=O)OC(=O)C1C. The Balaban J connectivity index is 0.000000631. The number of carboxylic acid groups (broad SMARTS) is 8. The molecule has 4 fully saturated rings. The summed E-state index contributed by atoms with van der Waals surface area (Å²) < 4.78 is 86.2. The third-order valence-electron chi connectivity index (χ3n) is 24.5. The van der Waals surface area contributed by atoms with Crippen LogP contribution in [-0.2, 0) is 139 Å². The molecule has 0 radical (unpaired) electrons. The normalized spacial score (nSPS) is 23.1. The first kappa shape index (κ1) is 109. The topological polar surface area (TPSA) is 564 Å². The Morgan fingerprint density at radius 1 is 0.336 bits per heavy atom. The summed E-state index contributed by atoms with van der Waals surface area (Å²) in [5, 5.41) is 83.2. The highest BCUT2D eigenvalue weighted by atomic mass is 28.5. The van der Waals surface area contributed by atoms with Crippen molar-refractivity contribution in [3.63, 3.8) is 0 Å². The summed E-state index contributed by atoms with van der Waals surface area (Å²) in [5.41, 5.74) is -10.4. The predicted molar refractivity (Wildman–Crippen MR) is 432 cm³/mol. The summed E-state index contributed by atoms with van der Waals surface area (Å²) in [7, 11) is -18.5. The second-order valence-electron chi connectivity index (χ2n) is 34.2. The minimum absolute atomic E-state index is 0.0246. The largest absolute Gasteiger partial charge is 0.497 e. The van der Waals surface area contributed by atoms with Gasteiger partial charge in [-0.3, -0.25) is 76.7 Å². The maximum atomic E-state index is 13.9. The Hall–Kier alpha value is -7.21. The van der Waals surface area contributed by atoms with Gasteiger partial charge in [0.2, 0.25) is 0 Å². The minimum atomic E-state index is -4.89. The van der Waals surface area contributed by atoms with Crippen LogP contribution in [0.5, 0.6) is 0 Å². The summed E-state index contributed by atoms with van der Waals surface area (Å²) in [4.78, 5) is 208. The molecule has 20 unspecified atom stereocenters. The molecule has 122 heavy (non-hydrogen) atoms. The zero-order valence-corrected chi connectivity index (χ0v) is 78.7. The number of ether oxygens (including phenoxy) is 4. The molecule has 4 aliphatic rings. The van der Waals surface area contributed by atoms with Crippen molar-refractivity contribution in [2.24, 2.45) is 116 Å². The van der Waals surface area contributed by atoms with Gasteiger partial charge in [-0.05, 0) is 128 Å². The van der Waals surface area contributed by atoms with Crippen LogP contribution in [-0.4, -0.2) is 224 Å². The van der Waals surface area contributed by atoms with Crippen molar-refractivity contribution in [1.82, 2.24) is 0 Å². The van der Waals surface area contributed by atoms with Gasteiger partial charge < -0.3 is 103 Å². The van der Waals surface area contributed by atoms with E-state index in [1.54, 1.807) is 83.1 Å². The Morgan fingerprint density at radius 3 is 0.779 bits per heavy atom. The Morgan fingerprint density at radius 2 is 0.582 bits per heavy atom. The van der Waals surface area contributed by atoms with Gasteiger partial charge in [0.15, 0.2) is 0 Å². The molecular weight excluding hydrogens is 1680 g/mol. The van der Waals surface area contributed by atoms with E-state index in [9.17, 15) is 118 Å². The van der Waals surface area contributed by atoms with Crippen molar-refractivity contribution in [1.29, 1.82) is 0 Å². The van der Waals surface area contributed by atoms with Crippen molar-refractivity contribution in [2.45, 2.75) is 240 Å². The molecule has 42 heteroatoms. The van der Waals surface area contributed by atoms with Gasteiger partial charge >= 0.3 is 131 Å². The number of rotatable bonds is 56. The predicted octanol–water partition coefficient (Wildman–Crippen LogP) is 9.79. The maximum Gasteiger partial charge on any atom is 0.497 e. The van der Waals surface area contributed by atoms with Gasteiger partial charge in [0, 0.05) is 75.0 Å². The lowest BCUT2D eigenvalue weighted by Gasteiger charge is -2.47. The van der Waals surface area contributed by atoms with Crippen LogP contribution in [0.25, 0.3) is 0 Å². The molecule has 4 saturated heterocycles. The van der Waals surface area contributed by atoms with Crippen LogP contribution in [0.15, 0.2) is 0 Å². The average Bonchev–Trinajstić information content (AvgIpc) is 1.35. The second kappa shape index (κ2) is 45.3. The molecule has 4 heterocycles. The number of carboxylic acids is 8. The van der Waals surface area contributed by atoms with Crippen LogP contribution >= 0.6 is 0 Å². The molecule has 0 saturated carbocycles.